The average Bonchev–Trinajstić information content (AvgIpc) is 3.42. The fourth-order valence-electron chi connectivity index (χ4n) is 4.98. The molecule has 5 rings (SSSR count). The van der Waals surface area contributed by atoms with Gasteiger partial charge in [0, 0.05) is 24.9 Å². The molecule has 1 aliphatic rings. The molecule has 6 heteroatoms. The smallest absolute Gasteiger partial charge is 0.305 e. The van der Waals surface area contributed by atoms with E-state index < -0.39 is 0 Å². The number of halogens is 1. The van der Waals surface area contributed by atoms with Crippen LogP contribution in [0.5, 0.6) is 0 Å². The first-order chi connectivity index (χ1) is 20.0. The fourth-order valence-corrected chi connectivity index (χ4v) is 4.98. The third-order valence-corrected chi connectivity index (χ3v) is 7.21. The Labute approximate surface area is 255 Å². The number of hydrogen-bond donors (Lipinski definition) is 2. The molecule has 2 atom stereocenters. The molecule has 0 saturated carbocycles. The van der Waals surface area contributed by atoms with Gasteiger partial charge in [-0.15, -0.1) is 12.4 Å². The molecule has 1 unspecified atom stereocenters. The molecule has 3 N–H and O–H groups in total. The van der Waals surface area contributed by atoms with Gasteiger partial charge in [-0.25, -0.2) is 0 Å². The number of carbonyl (C=O) groups is 2. The van der Waals surface area contributed by atoms with Crippen LogP contribution in [0.3, 0.4) is 0 Å². The quantitative estimate of drug-likeness (QED) is 0.194. The van der Waals surface area contributed by atoms with Crippen LogP contribution in [0.25, 0.3) is 22.3 Å². The maximum absolute atomic E-state index is 11.3. The average molecular weight is 585 g/mol. The van der Waals surface area contributed by atoms with E-state index in [0.717, 1.165) is 19.3 Å². The number of hydrogen-bond acceptors (Lipinski definition) is 4. The molecule has 0 bridgehead atoms. The van der Waals surface area contributed by atoms with Crippen molar-refractivity contribution in [1.29, 1.82) is 0 Å². The van der Waals surface area contributed by atoms with Crippen molar-refractivity contribution in [2.24, 2.45) is 5.73 Å². The highest BCUT2D eigenvalue weighted by Crippen LogP contribution is 2.21. The lowest BCUT2D eigenvalue weighted by molar-refractivity contribution is -0.143. The van der Waals surface area contributed by atoms with Crippen molar-refractivity contribution < 1.29 is 14.3 Å². The van der Waals surface area contributed by atoms with E-state index in [2.05, 4.69) is 90.2 Å². The van der Waals surface area contributed by atoms with Crippen LogP contribution in [0.15, 0.2) is 109 Å². The molecule has 4 aromatic carbocycles. The van der Waals surface area contributed by atoms with Gasteiger partial charge in [-0.2, -0.15) is 0 Å². The zero-order valence-electron chi connectivity index (χ0n) is 24.2. The Morgan fingerprint density at radius 3 is 1.79 bits per heavy atom. The third kappa shape index (κ3) is 10.5. The Hall–Kier alpha value is -3.93. The lowest BCUT2D eigenvalue weighted by Gasteiger charge is -2.11. The highest BCUT2D eigenvalue weighted by molar-refractivity contribution is 5.85. The van der Waals surface area contributed by atoms with Crippen LogP contribution in [0.1, 0.15) is 43.7 Å². The Kier molecular flexibility index (Phi) is 13.3. The Morgan fingerprint density at radius 2 is 1.31 bits per heavy atom. The summed E-state index contributed by atoms with van der Waals surface area (Å²) in [5.74, 6) is 0.0169. The van der Waals surface area contributed by atoms with Gasteiger partial charge in [0.2, 0.25) is 5.91 Å². The molecule has 0 aromatic heterocycles. The van der Waals surface area contributed by atoms with Gasteiger partial charge in [0.25, 0.3) is 0 Å². The molecule has 0 radical (unpaired) electrons. The number of amides is 1. The zero-order chi connectivity index (χ0) is 28.9. The van der Waals surface area contributed by atoms with E-state index in [0.29, 0.717) is 31.9 Å². The summed E-state index contributed by atoms with van der Waals surface area (Å²) in [6.45, 7) is 2.24. The largest absolute Gasteiger partial charge is 0.466 e. The minimum atomic E-state index is -0.169. The molecule has 1 fully saturated rings. The Balaban J connectivity index is 0.000000227. The number of ether oxygens (including phenoxy) is 1. The molecule has 42 heavy (non-hydrogen) atoms. The molecule has 4 aromatic rings. The van der Waals surface area contributed by atoms with Gasteiger partial charge in [-0.3, -0.25) is 9.59 Å². The second-order valence-corrected chi connectivity index (χ2v) is 10.4. The standard InChI is InChI=1S/C19H23NO2.C17H17NO.ClH/c1-2-22-19(21)13-12-18(20)14-15-8-10-17(11-9-15)16-6-4-3-5-7-16;19-17-11-10-16(18-17)12-13-6-8-15(9-7-13)14-4-2-1-3-5-14;/h3-11,18H,2,12-14,20H2,1H3;1-9,16H,10-12H2,(H,18,19);1H/t;16-;/m.0./s1. The lowest BCUT2D eigenvalue weighted by atomic mass is 9.99. The van der Waals surface area contributed by atoms with Crippen molar-refractivity contribution in [2.75, 3.05) is 6.61 Å². The van der Waals surface area contributed by atoms with Gasteiger partial charge in [-0.05, 0) is 66.0 Å². The van der Waals surface area contributed by atoms with Crippen LogP contribution in [-0.2, 0) is 27.2 Å². The van der Waals surface area contributed by atoms with Gasteiger partial charge >= 0.3 is 5.97 Å². The second-order valence-electron chi connectivity index (χ2n) is 10.4. The molecule has 1 aliphatic heterocycles. The first-order valence-electron chi connectivity index (χ1n) is 14.5. The fraction of sp³-hybridized carbons (Fsp3) is 0.278. The van der Waals surface area contributed by atoms with E-state index in [-0.39, 0.29) is 30.3 Å². The highest BCUT2D eigenvalue weighted by Gasteiger charge is 2.20. The summed E-state index contributed by atoms with van der Waals surface area (Å²) in [6, 6.07) is 38.0. The summed E-state index contributed by atoms with van der Waals surface area (Å²) < 4.78 is 4.91. The molecule has 0 spiro atoms. The molecule has 1 heterocycles. The molecule has 1 amide bonds. The van der Waals surface area contributed by atoms with Gasteiger partial charge in [0.1, 0.15) is 0 Å². The van der Waals surface area contributed by atoms with E-state index >= 15 is 0 Å². The van der Waals surface area contributed by atoms with E-state index in [1.54, 1.807) is 0 Å². The van der Waals surface area contributed by atoms with Gasteiger partial charge in [0.15, 0.2) is 0 Å². The topological polar surface area (TPSA) is 81.4 Å². The lowest BCUT2D eigenvalue weighted by Crippen LogP contribution is -2.27. The van der Waals surface area contributed by atoms with E-state index in [9.17, 15) is 9.59 Å². The first kappa shape index (κ1) is 32.6. The summed E-state index contributed by atoms with van der Waals surface area (Å²) in [6.07, 6.45) is 4.37. The predicted molar refractivity (Wildman–Crippen MR) is 173 cm³/mol. The van der Waals surface area contributed by atoms with Crippen LogP contribution < -0.4 is 11.1 Å². The molecule has 0 aliphatic carbocycles. The third-order valence-electron chi connectivity index (χ3n) is 7.21. The number of nitrogens with one attached hydrogen (secondary N) is 1. The summed E-state index contributed by atoms with van der Waals surface area (Å²) >= 11 is 0. The minimum absolute atomic E-state index is 0. The van der Waals surface area contributed by atoms with Crippen LogP contribution >= 0.6 is 12.4 Å². The molecule has 5 nitrogen and oxygen atoms in total. The first-order valence-corrected chi connectivity index (χ1v) is 14.5. The SMILES string of the molecule is CCOC(=O)CCC(N)Cc1ccc(-c2ccccc2)cc1.Cl.O=C1CC[C@@H](Cc2ccc(-c3ccccc3)cc2)N1. The molecule has 220 valence electrons. The molecular weight excluding hydrogens is 544 g/mol. The van der Waals surface area contributed by atoms with Crippen molar-refractivity contribution in [3.05, 3.63) is 120 Å². The van der Waals surface area contributed by atoms with E-state index in [4.69, 9.17) is 10.5 Å². The van der Waals surface area contributed by atoms with Crippen molar-refractivity contribution in [1.82, 2.24) is 5.32 Å². The van der Waals surface area contributed by atoms with E-state index in [1.165, 1.54) is 33.4 Å². The summed E-state index contributed by atoms with van der Waals surface area (Å²) in [4.78, 5) is 22.5. The van der Waals surface area contributed by atoms with Crippen LogP contribution in [0.2, 0.25) is 0 Å². The Bertz CT molecular complexity index is 1360. The normalized spacial score (nSPS) is 14.5. The van der Waals surface area contributed by atoms with Gasteiger partial charge < -0.3 is 15.8 Å². The number of nitrogens with two attached hydrogens (primary N) is 1. The summed E-state index contributed by atoms with van der Waals surface area (Å²) in [5.41, 5.74) is 13.4. The zero-order valence-corrected chi connectivity index (χ0v) is 25.0. The predicted octanol–water partition coefficient (Wildman–Crippen LogP) is 7.16. The number of rotatable bonds is 10. The van der Waals surface area contributed by atoms with Crippen LogP contribution in [0, 0.1) is 0 Å². The maximum Gasteiger partial charge on any atom is 0.305 e. The number of esters is 1. The van der Waals surface area contributed by atoms with Crippen LogP contribution in [0.4, 0.5) is 0 Å². The summed E-state index contributed by atoms with van der Waals surface area (Å²) in [5, 5.41) is 3.01. The minimum Gasteiger partial charge on any atom is -0.466 e. The second kappa shape index (κ2) is 17.1. The maximum atomic E-state index is 11.3. The summed E-state index contributed by atoms with van der Waals surface area (Å²) in [7, 11) is 0. The monoisotopic (exact) mass is 584 g/mol. The van der Waals surface area contributed by atoms with E-state index in [1.807, 2.05) is 31.2 Å². The molecular formula is C36H41ClN2O3. The van der Waals surface area contributed by atoms with Crippen molar-refractivity contribution in [2.45, 2.75) is 57.5 Å². The van der Waals surface area contributed by atoms with Crippen molar-refractivity contribution >= 4 is 24.3 Å². The van der Waals surface area contributed by atoms with Gasteiger partial charge in [0.05, 0.1) is 6.61 Å². The number of carbonyl (C=O) groups excluding carboxylic acids is 2. The molecule has 1 saturated heterocycles. The Morgan fingerprint density at radius 1 is 0.810 bits per heavy atom. The van der Waals surface area contributed by atoms with Crippen LogP contribution in [-0.4, -0.2) is 30.6 Å². The highest BCUT2D eigenvalue weighted by atomic mass is 35.5. The van der Waals surface area contributed by atoms with Crippen molar-refractivity contribution in [3.8, 4) is 22.3 Å². The number of benzene rings is 4. The van der Waals surface area contributed by atoms with Crippen molar-refractivity contribution in [3.63, 3.8) is 0 Å². The van der Waals surface area contributed by atoms with Gasteiger partial charge in [-0.1, -0.05) is 109 Å².